The zero-order valence-electron chi connectivity index (χ0n) is 29.5. The quantitative estimate of drug-likeness (QED) is 0.0679. The van der Waals surface area contributed by atoms with Crippen LogP contribution < -0.4 is 15.1 Å². The summed E-state index contributed by atoms with van der Waals surface area (Å²) in [7, 11) is -2.90. The van der Waals surface area contributed by atoms with Crippen LogP contribution in [-0.4, -0.2) is 32.0 Å². The maximum absolute atomic E-state index is 13.4. The number of carbonyl (C=O) groups is 1. The van der Waals surface area contributed by atoms with Crippen molar-refractivity contribution in [2.45, 2.75) is 76.1 Å². The number of nitrogens with zero attached hydrogens (tertiary/aromatic N) is 1. The fourth-order valence-electron chi connectivity index (χ4n) is 5.96. The topological polar surface area (TPSA) is 57.7 Å². The predicted octanol–water partition coefficient (Wildman–Crippen LogP) is 9.84. The molecule has 1 heterocycles. The van der Waals surface area contributed by atoms with Gasteiger partial charge in [0.15, 0.2) is 6.10 Å². The van der Waals surface area contributed by atoms with Gasteiger partial charge in [-0.15, -0.1) is 23.1 Å². The van der Waals surface area contributed by atoms with Crippen molar-refractivity contribution in [2.24, 2.45) is 0 Å². The van der Waals surface area contributed by atoms with Gasteiger partial charge in [0.05, 0.1) is 24.5 Å². The minimum atomic E-state index is -4.42. The van der Waals surface area contributed by atoms with E-state index in [0.29, 0.717) is 22.1 Å². The van der Waals surface area contributed by atoms with E-state index in [9.17, 15) is 18.0 Å². The standard InChI is InChI=1S/C40H42F3NO4S2Si/c1-7-46-38(45)28(3)48-35-23-22-31(24-27(35)2)49-26-36-34(44-37(50-36)29-18-20-30(21-19-29)40(41,42)43)25-47-51(39(4,5)6,32-14-10-8-11-15-32)33-16-12-9-13-17-33/h8-24,28H,7,25-26H2,1-6H3. The summed E-state index contributed by atoms with van der Waals surface area (Å²) in [4.78, 5) is 19.1. The van der Waals surface area contributed by atoms with Gasteiger partial charge in [-0.25, -0.2) is 9.78 Å². The maximum Gasteiger partial charge on any atom is 0.416 e. The number of aromatic nitrogens is 1. The zero-order chi connectivity index (χ0) is 36.8. The second-order valence-electron chi connectivity index (χ2n) is 13.1. The molecule has 268 valence electrons. The van der Waals surface area contributed by atoms with Crippen LogP contribution in [0, 0.1) is 6.92 Å². The second kappa shape index (κ2) is 16.2. The van der Waals surface area contributed by atoms with E-state index in [-0.39, 0.29) is 18.3 Å². The number of halogens is 3. The normalized spacial score (nSPS) is 12.8. The molecule has 0 aliphatic carbocycles. The third-order valence-electron chi connectivity index (χ3n) is 8.52. The Kier molecular flexibility index (Phi) is 12.2. The Balaban J connectivity index is 1.48. The van der Waals surface area contributed by atoms with Crippen LogP contribution in [0.5, 0.6) is 5.75 Å². The Morgan fingerprint density at radius 1 is 0.902 bits per heavy atom. The van der Waals surface area contributed by atoms with E-state index in [0.717, 1.165) is 43.5 Å². The lowest BCUT2D eigenvalue weighted by Crippen LogP contribution is -2.66. The minimum absolute atomic E-state index is 0.234. The van der Waals surface area contributed by atoms with Crippen LogP contribution in [0.15, 0.2) is 108 Å². The molecule has 5 aromatic rings. The first-order chi connectivity index (χ1) is 24.2. The number of hydrogen-bond donors (Lipinski definition) is 0. The van der Waals surface area contributed by atoms with Crippen LogP contribution in [0.2, 0.25) is 5.04 Å². The first-order valence-electron chi connectivity index (χ1n) is 16.7. The van der Waals surface area contributed by atoms with Gasteiger partial charge in [-0.3, -0.25) is 0 Å². The van der Waals surface area contributed by atoms with Crippen molar-refractivity contribution >= 4 is 47.8 Å². The molecule has 1 aromatic heterocycles. The molecule has 0 aliphatic heterocycles. The molecular formula is C40H42F3NO4S2Si. The molecule has 51 heavy (non-hydrogen) atoms. The Hall–Kier alpha value is -3.90. The highest BCUT2D eigenvalue weighted by Gasteiger charge is 2.50. The van der Waals surface area contributed by atoms with Crippen molar-refractivity contribution < 1.29 is 31.9 Å². The van der Waals surface area contributed by atoms with Gasteiger partial charge in [0, 0.05) is 21.1 Å². The SMILES string of the molecule is CCOC(=O)C(C)Oc1ccc(SCc2sc(-c3ccc(C(F)(F)F)cc3)nc2CO[Si](c2ccccc2)(c2ccccc2)C(C)(C)C)cc1C. The Labute approximate surface area is 307 Å². The molecule has 1 atom stereocenters. The molecule has 11 heteroatoms. The Morgan fingerprint density at radius 2 is 1.51 bits per heavy atom. The van der Waals surface area contributed by atoms with Crippen molar-refractivity contribution in [2.75, 3.05) is 6.61 Å². The van der Waals surface area contributed by atoms with Gasteiger partial charge in [-0.05, 0) is 72.1 Å². The lowest BCUT2D eigenvalue weighted by Gasteiger charge is -2.43. The molecule has 0 saturated carbocycles. The highest BCUT2D eigenvalue weighted by molar-refractivity contribution is 7.98. The van der Waals surface area contributed by atoms with E-state index in [4.69, 9.17) is 18.9 Å². The molecule has 1 unspecified atom stereocenters. The predicted molar refractivity (Wildman–Crippen MR) is 202 cm³/mol. The number of thiazole rings is 1. The number of hydrogen-bond acceptors (Lipinski definition) is 7. The number of alkyl halides is 3. The lowest BCUT2D eigenvalue weighted by atomic mass is 10.1. The van der Waals surface area contributed by atoms with Crippen molar-refractivity contribution in [3.63, 3.8) is 0 Å². The van der Waals surface area contributed by atoms with Crippen LogP contribution >= 0.6 is 23.1 Å². The summed E-state index contributed by atoms with van der Waals surface area (Å²) in [5.74, 6) is 0.746. The molecule has 0 radical (unpaired) electrons. The number of carbonyl (C=O) groups excluding carboxylic acids is 1. The fraction of sp³-hybridized carbons (Fsp3) is 0.300. The van der Waals surface area contributed by atoms with Gasteiger partial charge >= 0.3 is 12.1 Å². The second-order valence-corrected chi connectivity index (χ2v) is 19.6. The Bertz CT molecular complexity index is 1870. The van der Waals surface area contributed by atoms with E-state index < -0.39 is 32.1 Å². The van der Waals surface area contributed by atoms with Gasteiger partial charge < -0.3 is 13.9 Å². The van der Waals surface area contributed by atoms with Crippen LogP contribution in [0.4, 0.5) is 13.2 Å². The molecule has 0 fully saturated rings. The minimum Gasteiger partial charge on any atom is -0.479 e. The largest absolute Gasteiger partial charge is 0.479 e. The monoisotopic (exact) mass is 749 g/mol. The van der Waals surface area contributed by atoms with Gasteiger partial charge in [0.1, 0.15) is 10.8 Å². The average molecular weight is 750 g/mol. The van der Waals surface area contributed by atoms with Crippen LogP contribution in [0.1, 0.15) is 56.3 Å². The Morgan fingerprint density at radius 3 is 2.04 bits per heavy atom. The molecule has 0 amide bonds. The molecule has 5 nitrogen and oxygen atoms in total. The number of thioether (sulfide) groups is 1. The third-order valence-corrected chi connectivity index (χ3v) is 15.9. The average Bonchev–Trinajstić information content (AvgIpc) is 3.51. The first kappa shape index (κ1) is 38.3. The summed E-state index contributed by atoms with van der Waals surface area (Å²) in [5.41, 5.74) is 1.55. The molecular weight excluding hydrogens is 708 g/mol. The van der Waals surface area contributed by atoms with Gasteiger partial charge in [-0.1, -0.05) is 93.6 Å². The molecule has 0 saturated heterocycles. The molecule has 0 N–H and O–H groups in total. The summed E-state index contributed by atoms with van der Waals surface area (Å²) in [6, 6.07) is 31.7. The molecule has 0 aliphatic rings. The number of rotatable bonds is 13. The van der Waals surface area contributed by atoms with Crippen LogP contribution in [0.3, 0.4) is 0 Å². The van der Waals surface area contributed by atoms with E-state index in [1.54, 1.807) is 25.6 Å². The highest BCUT2D eigenvalue weighted by Crippen LogP contribution is 2.40. The fourth-order valence-corrected chi connectivity index (χ4v) is 12.6. The van der Waals surface area contributed by atoms with Gasteiger partial charge in [0.25, 0.3) is 8.32 Å². The number of aryl methyl sites for hydroxylation is 1. The molecule has 4 aromatic carbocycles. The van der Waals surface area contributed by atoms with Crippen LogP contribution in [0.25, 0.3) is 10.6 Å². The molecule has 0 spiro atoms. The first-order valence-corrected chi connectivity index (χ1v) is 20.4. The maximum atomic E-state index is 13.4. The lowest BCUT2D eigenvalue weighted by molar-refractivity contribution is -0.150. The molecule has 0 bridgehead atoms. The molecule has 5 rings (SSSR count). The summed E-state index contributed by atoms with van der Waals surface area (Å²) in [6.07, 6.45) is -5.16. The summed E-state index contributed by atoms with van der Waals surface area (Å²) >= 11 is 3.08. The smallest absolute Gasteiger partial charge is 0.416 e. The zero-order valence-corrected chi connectivity index (χ0v) is 32.2. The van der Waals surface area contributed by atoms with E-state index in [2.05, 4.69) is 45.0 Å². The van der Waals surface area contributed by atoms with Crippen LogP contribution in [-0.2, 0) is 32.5 Å². The summed E-state index contributed by atoms with van der Waals surface area (Å²) in [6.45, 7) is 12.5. The summed E-state index contributed by atoms with van der Waals surface area (Å²) < 4.78 is 58.3. The van der Waals surface area contributed by atoms with E-state index in [1.165, 1.54) is 23.5 Å². The number of benzene rings is 4. The van der Waals surface area contributed by atoms with E-state index in [1.807, 2.05) is 61.5 Å². The number of ether oxygens (including phenoxy) is 2. The van der Waals surface area contributed by atoms with E-state index >= 15 is 0 Å². The van der Waals surface area contributed by atoms with Crippen molar-refractivity contribution in [3.8, 4) is 16.3 Å². The van der Waals surface area contributed by atoms with Gasteiger partial charge in [-0.2, -0.15) is 13.2 Å². The third kappa shape index (κ3) is 8.95. The van der Waals surface area contributed by atoms with Crippen molar-refractivity contribution in [1.82, 2.24) is 4.98 Å². The number of esters is 1. The van der Waals surface area contributed by atoms with Crippen molar-refractivity contribution in [3.05, 3.63) is 125 Å². The van der Waals surface area contributed by atoms with Crippen molar-refractivity contribution in [1.29, 1.82) is 0 Å². The summed E-state index contributed by atoms with van der Waals surface area (Å²) in [5, 5.41) is 2.68. The van der Waals surface area contributed by atoms with Gasteiger partial charge in [0.2, 0.25) is 0 Å². The highest BCUT2D eigenvalue weighted by atomic mass is 32.2.